The molecule has 2 heterocycles. The molecular weight excluding hydrogens is 416 g/mol. The zero-order chi connectivity index (χ0) is 22.1. The Labute approximate surface area is 184 Å². The van der Waals surface area contributed by atoms with Gasteiger partial charge in [-0.1, -0.05) is 12.1 Å². The van der Waals surface area contributed by atoms with Crippen molar-refractivity contribution in [3.8, 4) is 23.0 Å². The average Bonchev–Trinajstić information content (AvgIpc) is 3.30. The Morgan fingerprint density at radius 1 is 0.903 bits per heavy atom. The van der Waals surface area contributed by atoms with E-state index in [1.807, 2.05) is 35.7 Å². The molecule has 0 saturated carbocycles. The van der Waals surface area contributed by atoms with Crippen LogP contribution in [0.2, 0.25) is 0 Å². The van der Waals surface area contributed by atoms with Crippen LogP contribution in [0, 0.1) is 0 Å². The van der Waals surface area contributed by atoms with E-state index >= 15 is 0 Å². The number of hydrogen-bond acceptors (Lipinski definition) is 7. The standard InChI is InChI=1S/C23H24N2O5S/c1-27-16-8-7-13(10-15(16)24)21-20(19-6-5-9-31-19)23(26)25(21)14-11-17(28-2)22(30-4)18(12-14)29-3/h5-12,20-21H,24H2,1-4H3/t20-,21-/m1/s1. The van der Waals surface area contributed by atoms with Gasteiger partial charge in [-0.05, 0) is 29.1 Å². The van der Waals surface area contributed by atoms with Gasteiger partial charge in [0.2, 0.25) is 11.7 Å². The first-order valence-electron chi connectivity index (χ1n) is 9.63. The van der Waals surface area contributed by atoms with Crippen LogP contribution in [0.15, 0.2) is 47.8 Å². The van der Waals surface area contributed by atoms with E-state index in [0.717, 1.165) is 10.4 Å². The normalized spacial score (nSPS) is 17.8. The Hall–Kier alpha value is -3.39. The van der Waals surface area contributed by atoms with Gasteiger partial charge in [0.25, 0.3) is 0 Å². The van der Waals surface area contributed by atoms with Gasteiger partial charge in [-0.15, -0.1) is 11.3 Å². The summed E-state index contributed by atoms with van der Waals surface area (Å²) in [6.45, 7) is 0. The van der Waals surface area contributed by atoms with Crippen LogP contribution in [-0.4, -0.2) is 34.3 Å². The van der Waals surface area contributed by atoms with Gasteiger partial charge in [0.15, 0.2) is 11.5 Å². The quantitative estimate of drug-likeness (QED) is 0.437. The number of benzene rings is 2. The number of hydrogen-bond donors (Lipinski definition) is 1. The summed E-state index contributed by atoms with van der Waals surface area (Å²) in [7, 11) is 6.23. The number of amides is 1. The van der Waals surface area contributed by atoms with Gasteiger partial charge >= 0.3 is 0 Å². The second-order valence-electron chi connectivity index (χ2n) is 7.03. The van der Waals surface area contributed by atoms with Crippen molar-refractivity contribution >= 4 is 28.6 Å². The summed E-state index contributed by atoms with van der Waals surface area (Å²) in [6.07, 6.45) is 0. The maximum absolute atomic E-state index is 13.4. The number of carbonyl (C=O) groups is 1. The Bertz CT molecular complexity index is 1070. The number of nitrogens with two attached hydrogens (primary N) is 1. The lowest BCUT2D eigenvalue weighted by atomic mass is 9.80. The number of anilines is 2. The lowest BCUT2D eigenvalue weighted by Crippen LogP contribution is -2.53. The monoisotopic (exact) mass is 440 g/mol. The van der Waals surface area contributed by atoms with Crippen LogP contribution < -0.4 is 29.6 Å². The fourth-order valence-corrected chi connectivity index (χ4v) is 4.85. The van der Waals surface area contributed by atoms with Gasteiger partial charge in [0, 0.05) is 17.0 Å². The van der Waals surface area contributed by atoms with Gasteiger partial charge in [-0.3, -0.25) is 4.79 Å². The van der Waals surface area contributed by atoms with Crippen molar-refractivity contribution in [2.75, 3.05) is 39.1 Å². The van der Waals surface area contributed by atoms with Crippen LogP contribution in [-0.2, 0) is 4.79 Å². The van der Waals surface area contributed by atoms with E-state index in [2.05, 4.69) is 0 Å². The minimum Gasteiger partial charge on any atom is -0.495 e. The lowest BCUT2D eigenvalue weighted by molar-refractivity contribution is -0.126. The van der Waals surface area contributed by atoms with Crippen LogP contribution in [0.5, 0.6) is 23.0 Å². The molecule has 7 nitrogen and oxygen atoms in total. The maximum atomic E-state index is 13.4. The van der Waals surface area contributed by atoms with Gasteiger partial charge < -0.3 is 29.6 Å². The highest BCUT2D eigenvalue weighted by atomic mass is 32.1. The highest BCUT2D eigenvalue weighted by Crippen LogP contribution is 2.53. The van der Waals surface area contributed by atoms with Crippen LogP contribution in [0.1, 0.15) is 22.4 Å². The van der Waals surface area contributed by atoms with Crippen molar-refractivity contribution in [2.45, 2.75) is 12.0 Å². The number of ether oxygens (including phenoxy) is 4. The molecule has 1 aliphatic heterocycles. The third-order valence-electron chi connectivity index (χ3n) is 5.47. The first kappa shape index (κ1) is 20.9. The molecule has 162 valence electrons. The fourth-order valence-electron chi connectivity index (χ4n) is 4.01. The molecule has 2 atom stereocenters. The van der Waals surface area contributed by atoms with Gasteiger partial charge in [-0.2, -0.15) is 0 Å². The molecule has 2 aromatic carbocycles. The SMILES string of the molecule is COc1ccc([C@@H]2[C@@H](c3cccs3)C(=O)N2c2cc(OC)c(OC)c(OC)c2)cc1N. The average molecular weight is 441 g/mol. The maximum Gasteiger partial charge on any atom is 0.238 e. The summed E-state index contributed by atoms with van der Waals surface area (Å²) in [6, 6.07) is 12.9. The minimum atomic E-state index is -0.299. The molecule has 1 fully saturated rings. The predicted molar refractivity (Wildman–Crippen MR) is 121 cm³/mol. The molecule has 1 amide bonds. The minimum absolute atomic E-state index is 0.00360. The van der Waals surface area contributed by atoms with Gasteiger partial charge in [0.05, 0.1) is 51.8 Å². The highest BCUT2D eigenvalue weighted by Gasteiger charge is 2.50. The number of carbonyl (C=O) groups excluding carboxylic acids is 1. The van der Waals surface area contributed by atoms with Crippen molar-refractivity contribution < 1.29 is 23.7 Å². The van der Waals surface area contributed by atoms with E-state index in [0.29, 0.717) is 34.4 Å². The zero-order valence-corrected chi connectivity index (χ0v) is 18.6. The van der Waals surface area contributed by atoms with Crippen LogP contribution >= 0.6 is 11.3 Å². The van der Waals surface area contributed by atoms with Crippen LogP contribution in [0.4, 0.5) is 11.4 Å². The molecule has 1 saturated heterocycles. The number of methoxy groups -OCH3 is 4. The molecule has 0 bridgehead atoms. The smallest absolute Gasteiger partial charge is 0.238 e. The summed E-state index contributed by atoms with van der Waals surface area (Å²) in [5.74, 6) is 1.74. The predicted octanol–water partition coefficient (Wildman–Crippen LogP) is 4.24. The molecular formula is C23H24N2O5S. The highest BCUT2D eigenvalue weighted by molar-refractivity contribution is 7.10. The molecule has 0 spiro atoms. The van der Waals surface area contributed by atoms with Crippen molar-refractivity contribution in [2.24, 2.45) is 0 Å². The second kappa shape index (κ2) is 8.39. The lowest BCUT2D eigenvalue weighted by Gasteiger charge is -2.47. The summed E-state index contributed by atoms with van der Waals surface area (Å²) >= 11 is 1.57. The summed E-state index contributed by atoms with van der Waals surface area (Å²) < 4.78 is 21.7. The van der Waals surface area contributed by atoms with Crippen LogP contribution in [0.25, 0.3) is 0 Å². The second-order valence-corrected chi connectivity index (χ2v) is 8.01. The van der Waals surface area contributed by atoms with E-state index < -0.39 is 0 Å². The van der Waals surface area contributed by atoms with E-state index in [-0.39, 0.29) is 17.9 Å². The number of thiophene rings is 1. The van der Waals surface area contributed by atoms with Gasteiger partial charge in [-0.25, -0.2) is 0 Å². The summed E-state index contributed by atoms with van der Waals surface area (Å²) in [5.41, 5.74) is 8.28. The first-order chi connectivity index (χ1) is 15.0. The Morgan fingerprint density at radius 2 is 1.58 bits per heavy atom. The largest absolute Gasteiger partial charge is 0.495 e. The van der Waals surface area contributed by atoms with E-state index in [9.17, 15) is 4.79 Å². The van der Waals surface area contributed by atoms with Crippen molar-refractivity contribution in [1.82, 2.24) is 0 Å². The number of nitrogens with zero attached hydrogens (tertiary/aromatic N) is 1. The van der Waals surface area contributed by atoms with E-state index in [1.54, 1.807) is 56.8 Å². The third kappa shape index (κ3) is 3.42. The summed E-state index contributed by atoms with van der Waals surface area (Å²) in [5, 5.41) is 1.98. The molecule has 0 aliphatic carbocycles. The Kier molecular flexibility index (Phi) is 5.65. The third-order valence-corrected chi connectivity index (χ3v) is 6.43. The number of nitrogen functional groups attached to an aromatic ring is 1. The van der Waals surface area contributed by atoms with Crippen molar-refractivity contribution in [3.63, 3.8) is 0 Å². The molecule has 8 heteroatoms. The van der Waals surface area contributed by atoms with Crippen molar-refractivity contribution in [1.29, 1.82) is 0 Å². The molecule has 0 unspecified atom stereocenters. The topological polar surface area (TPSA) is 83.2 Å². The van der Waals surface area contributed by atoms with E-state index in [4.69, 9.17) is 24.7 Å². The number of β-lactam (4-membered cyclic amide) rings is 1. The van der Waals surface area contributed by atoms with Crippen molar-refractivity contribution in [3.05, 3.63) is 58.3 Å². The first-order valence-corrected chi connectivity index (χ1v) is 10.5. The molecule has 1 aliphatic rings. The molecule has 1 aromatic heterocycles. The van der Waals surface area contributed by atoms with E-state index in [1.165, 1.54) is 0 Å². The number of rotatable bonds is 7. The molecule has 31 heavy (non-hydrogen) atoms. The Balaban J connectivity index is 1.83. The van der Waals surface area contributed by atoms with Gasteiger partial charge in [0.1, 0.15) is 5.75 Å². The molecule has 2 N–H and O–H groups in total. The fraction of sp³-hybridized carbons (Fsp3) is 0.261. The zero-order valence-electron chi connectivity index (χ0n) is 17.7. The summed E-state index contributed by atoms with van der Waals surface area (Å²) in [4.78, 5) is 16.1. The van der Waals surface area contributed by atoms with Crippen LogP contribution in [0.3, 0.4) is 0 Å². The molecule has 3 aromatic rings. The molecule has 0 radical (unpaired) electrons. The Morgan fingerprint density at radius 3 is 2.10 bits per heavy atom. The molecule has 4 rings (SSSR count).